The molecule has 1 unspecified atom stereocenters. The molecule has 1 N–H and O–H groups in total. The lowest BCUT2D eigenvalue weighted by molar-refractivity contribution is -0.120. The quantitative estimate of drug-likeness (QED) is 0.418. The monoisotopic (exact) mass is 518 g/mol. The van der Waals surface area contributed by atoms with Gasteiger partial charge in [0, 0.05) is 34.4 Å². The molecule has 0 bridgehead atoms. The molecule has 1 fully saturated rings. The predicted octanol–water partition coefficient (Wildman–Crippen LogP) is 5.97. The van der Waals surface area contributed by atoms with Gasteiger partial charge < -0.3 is 10.1 Å². The third kappa shape index (κ3) is 6.10. The predicted molar refractivity (Wildman–Crippen MR) is 135 cm³/mol. The number of hydrogen-bond acceptors (Lipinski definition) is 4. The zero-order chi connectivity index (χ0) is 24.1. The van der Waals surface area contributed by atoms with Crippen molar-refractivity contribution in [3.05, 3.63) is 88.4 Å². The number of rotatable bonds is 7. The van der Waals surface area contributed by atoms with Gasteiger partial charge in [0.05, 0.1) is 11.7 Å². The molecule has 0 aliphatic carbocycles. The number of halogens is 2. The summed E-state index contributed by atoms with van der Waals surface area (Å²) in [6.07, 6.45) is 1.21. The number of benzene rings is 3. The second-order valence-electron chi connectivity index (χ2n) is 8.08. The number of carbonyl (C=O) groups excluding carboxylic acids is 1. The number of amides is 1. The number of nitrogens with one attached hydrogen (secondary N) is 1. The van der Waals surface area contributed by atoms with Crippen LogP contribution in [-0.2, 0) is 20.6 Å². The van der Waals surface area contributed by atoms with Gasteiger partial charge in [-0.2, -0.15) is 0 Å². The molecule has 0 saturated carbocycles. The maximum absolute atomic E-state index is 13.0. The molecule has 178 valence electrons. The van der Waals surface area contributed by atoms with E-state index in [2.05, 4.69) is 5.32 Å². The molecule has 0 aromatic heterocycles. The maximum Gasteiger partial charge on any atom is 0.228 e. The number of piperidine rings is 1. The topological polar surface area (TPSA) is 75.7 Å². The van der Waals surface area contributed by atoms with Crippen LogP contribution < -0.4 is 10.1 Å². The summed E-state index contributed by atoms with van der Waals surface area (Å²) in [5.74, 6) is 0.402. The zero-order valence-electron chi connectivity index (χ0n) is 18.3. The summed E-state index contributed by atoms with van der Waals surface area (Å²) in [6.45, 7) is 0.477. The van der Waals surface area contributed by atoms with E-state index in [1.54, 1.807) is 42.5 Å². The normalized spacial score (nSPS) is 16.7. The molecule has 34 heavy (non-hydrogen) atoms. The summed E-state index contributed by atoms with van der Waals surface area (Å²) in [5, 5.41) is 3.50. The minimum absolute atomic E-state index is 0.117. The van der Waals surface area contributed by atoms with Crippen LogP contribution in [0, 0.1) is 5.92 Å². The third-order valence-electron chi connectivity index (χ3n) is 5.64. The highest BCUT2D eigenvalue weighted by molar-refractivity contribution is 7.88. The van der Waals surface area contributed by atoms with Crippen molar-refractivity contribution in [2.45, 2.75) is 18.6 Å². The van der Waals surface area contributed by atoms with Crippen LogP contribution in [0.25, 0.3) is 0 Å². The first kappa shape index (κ1) is 24.5. The standard InChI is InChI=1S/C25H24Cl2N2O4S/c26-23-9-4-10-24(27)22(23)17-34(31,32)29-15-5-6-18(16-29)25(30)28-19-11-13-21(14-12-19)33-20-7-2-1-3-8-20/h1-4,7-14,18H,5-6,15-17H2,(H,28,30). The molecule has 1 aliphatic rings. The lowest BCUT2D eigenvalue weighted by Gasteiger charge is -2.31. The van der Waals surface area contributed by atoms with Crippen molar-refractivity contribution in [1.29, 1.82) is 0 Å². The Kier molecular flexibility index (Phi) is 7.78. The first-order chi connectivity index (χ1) is 16.3. The van der Waals surface area contributed by atoms with E-state index in [-0.39, 0.29) is 18.2 Å². The summed E-state index contributed by atoms with van der Waals surface area (Å²) in [5.41, 5.74) is 0.989. The fourth-order valence-electron chi connectivity index (χ4n) is 3.83. The Bertz CT molecular complexity index is 1230. The highest BCUT2D eigenvalue weighted by Gasteiger charge is 2.33. The van der Waals surface area contributed by atoms with Gasteiger partial charge in [-0.3, -0.25) is 4.79 Å². The van der Waals surface area contributed by atoms with Crippen molar-refractivity contribution >= 4 is 44.8 Å². The van der Waals surface area contributed by atoms with E-state index in [1.807, 2.05) is 30.3 Å². The molecular weight excluding hydrogens is 495 g/mol. The average Bonchev–Trinajstić information content (AvgIpc) is 2.83. The van der Waals surface area contributed by atoms with Crippen LogP contribution in [0.3, 0.4) is 0 Å². The maximum atomic E-state index is 13.0. The van der Waals surface area contributed by atoms with Crippen molar-refractivity contribution in [1.82, 2.24) is 4.31 Å². The number of para-hydroxylation sites is 1. The van der Waals surface area contributed by atoms with E-state index in [0.717, 1.165) is 5.75 Å². The third-order valence-corrected chi connectivity index (χ3v) is 8.12. The molecule has 1 aliphatic heterocycles. The Hall–Kier alpha value is -2.58. The average molecular weight is 519 g/mol. The molecule has 1 atom stereocenters. The van der Waals surface area contributed by atoms with Gasteiger partial charge in [0.1, 0.15) is 11.5 Å². The lowest BCUT2D eigenvalue weighted by atomic mass is 9.99. The van der Waals surface area contributed by atoms with Crippen molar-refractivity contribution in [2.75, 3.05) is 18.4 Å². The molecule has 3 aromatic rings. The zero-order valence-corrected chi connectivity index (χ0v) is 20.6. The molecule has 3 aromatic carbocycles. The molecule has 0 spiro atoms. The van der Waals surface area contributed by atoms with Gasteiger partial charge in [-0.15, -0.1) is 0 Å². The van der Waals surface area contributed by atoms with Crippen LogP contribution in [0.5, 0.6) is 11.5 Å². The minimum atomic E-state index is -3.69. The van der Waals surface area contributed by atoms with Gasteiger partial charge in [-0.25, -0.2) is 12.7 Å². The molecule has 1 saturated heterocycles. The van der Waals surface area contributed by atoms with Crippen LogP contribution in [0.2, 0.25) is 10.0 Å². The van der Waals surface area contributed by atoms with Gasteiger partial charge in [-0.05, 0) is 61.4 Å². The fourth-order valence-corrected chi connectivity index (χ4v) is 6.19. The molecule has 1 heterocycles. The molecule has 1 amide bonds. The highest BCUT2D eigenvalue weighted by atomic mass is 35.5. The van der Waals surface area contributed by atoms with E-state index in [1.165, 1.54) is 4.31 Å². The van der Waals surface area contributed by atoms with Gasteiger partial charge in [0.2, 0.25) is 15.9 Å². The van der Waals surface area contributed by atoms with E-state index in [9.17, 15) is 13.2 Å². The van der Waals surface area contributed by atoms with Crippen LogP contribution >= 0.6 is 23.2 Å². The number of nitrogens with zero attached hydrogens (tertiary/aromatic N) is 1. The van der Waals surface area contributed by atoms with Gasteiger partial charge >= 0.3 is 0 Å². The summed E-state index contributed by atoms with van der Waals surface area (Å²) >= 11 is 12.3. The van der Waals surface area contributed by atoms with Crippen molar-refractivity contribution in [2.24, 2.45) is 5.92 Å². The number of anilines is 1. The Morgan fingerprint density at radius 1 is 0.941 bits per heavy atom. The Labute approximate surface area is 209 Å². The van der Waals surface area contributed by atoms with Crippen molar-refractivity contribution < 1.29 is 17.9 Å². The Morgan fingerprint density at radius 2 is 1.59 bits per heavy atom. The van der Waals surface area contributed by atoms with Gasteiger partial charge in [0.25, 0.3) is 0 Å². The van der Waals surface area contributed by atoms with Crippen molar-refractivity contribution in [3.63, 3.8) is 0 Å². The molecular formula is C25H24Cl2N2O4S. The highest BCUT2D eigenvalue weighted by Crippen LogP contribution is 2.29. The number of carbonyl (C=O) groups is 1. The number of sulfonamides is 1. The molecule has 4 rings (SSSR count). The largest absolute Gasteiger partial charge is 0.457 e. The SMILES string of the molecule is O=C(Nc1ccc(Oc2ccccc2)cc1)C1CCCN(S(=O)(=O)Cc2c(Cl)cccc2Cl)C1. The number of ether oxygens (including phenoxy) is 1. The van der Waals surface area contributed by atoms with Crippen molar-refractivity contribution in [3.8, 4) is 11.5 Å². The van der Waals surface area contributed by atoms with Crippen LogP contribution in [0.1, 0.15) is 18.4 Å². The second-order valence-corrected chi connectivity index (χ2v) is 10.9. The smallest absolute Gasteiger partial charge is 0.228 e. The minimum Gasteiger partial charge on any atom is -0.457 e. The lowest BCUT2D eigenvalue weighted by Crippen LogP contribution is -2.44. The van der Waals surface area contributed by atoms with E-state index < -0.39 is 15.9 Å². The van der Waals surface area contributed by atoms with E-state index in [0.29, 0.717) is 46.4 Å². The summed E-state index contributed by atoms with van der Waals surface area (Å²) in [4.78, 5) is 12.9. The first-order valence-corrected chi connectivity index (χ1v) is 13.2. The summed E-state index contributed by atoms with van der Waals surface area (Å²) in [6, 6.07) is 21.4. The summed E-state index contributed by atoms with van der Waals surface area (Å²) < 4.78 is 33.2. The van der Waals surface area contributed by atoms with Crippen LogP contribution in [0.4, 0.5) is 5.69 Å². The van der Waals surface area contributed by atoms with Crippen LogP contribution in [0.15, 0.2) is 72.8 Å². The second kappa shape index (κ2) is 10.8. The van der Waals surface area contributed by atoms with E-state index >= 15 is 0 Å². The fraction of sp³-hybridized carbons (Fsp3) is 0.240. The van der Waals surface area contributed by atoms with E-state index in [4.69, 9.17) is 27.9 Å². The van der Waals surface area contributed by atoms with Gasteiger partial charge in [0.15, 0.2) is 0 Å². The van der Waals surface area contributed by atoms with Crippen LogP contribution in [-0.4, -0.2) is 31.7 Å². The first-order valence-electron chi connectivity index (χ1n) is 10.9. The summed E-state index contributed by atoms with van der Waals surface area (Å²) in [7, 11) is -3.69. The molecule has 9 heteroatoms. The number of hydrogen-bond donors (Lipinski definition) is 1. The Morgan fingerprint density at radius 3 is 2.26 bits per heavy atom. The Balaban J connectivity index is 1.37. The molecule has 6 nitrogen and oxygen atoms in total. The van der Waals surface area contributed by atoms with Gasteiger partial charge in [-0.1, -0.05) is 47.5 Å². The molecule has 0 radical (unpaired) electrons.